The van der Waals surface area contributed by atoms with E-state index in [9.17, 15) is 9.18 Å². The van der Waals surface area contributed by atoms with E-state index in [0.29, 0.717) is 54.3 Å². The molecular formula is C25H18Cl2FN7O3S2. The van der Waals surface area contributed by atoms with Crippen molar-refractivity contribution < 1.29 is 18.7 Å². The molecule has 0 aliphatic heterocycles. The van der Waals surface area contributed by atoms with Gasteiger partial charge in [0.05, 0.1) is 17.6 Å². The van der Waals surface area contributed by atoms with Crippen LogP contribution in [0.15, 0.2) is 59.3 Å². The van der Waals surface area contributed by atoms with Crippen LogP contribution in [0.3, 0.4) is 0 Å². The van der Waals surface area contributed by atoms with Crippen LogP contribution in [-0.4, -0.2) is 44.8 Å². The molecular weight excluding hydrogens is 600 g/mol. The van der Waals surface area contributed by atoms with Crippen molar-refractivity contribution in [3.05, 3.63) is 76.5 Å². The second-order valence-electron chi connectivity index (χ2n) is 7.98. The number of carbonyl (C=O) groups is 1. The summed E-state index contributed by atoms with van der Waals surface area (Å²) in [5.74, 6) is 0.772. The van der Waals surface area contributed by atoms with Crippen LogP contribution >= 0.6 is 46.3 Å². The standard InChI is InChI=1S/C25H18Cl2FN7O3S2/c1-37-19-8-18-15(23(31-12-30-18)32-14-3-4-17(28)16(26)6-14)7-20(19)38-10-22(36)33-24-34-35-25(40-24)39-11-13-2-5-21(27)29-9-13/h2-9,12H,10-11H2,1H3,(H,30,31,32)(H,33,34,36). The predicted octanol–water partition coefficient (Wildman–Crippen LogP) is 6.38. The maximum atomic E-state index is 13.6. The number of methoxy groups -OCH3 is 1. The number of halogens is 3. The Morgan fingerprint density at radius 2 is 1.95 bits per heavy atom. The number of carbonyl (C=O) groups excluding carboxylic acids is 1. The molecule has 0 saturated heterocycles. The molecule has 15 heteroatoms. The number of thioether (sulfide) groups is 1. The van der Waals surface area contributed by atoms with E-state index in [1.807, 2.05) is 6.07 Å². The topological polar surface area (TPSA) is 124 Å². The number of hydrogen-bond acceptors (Lipinski definition) is 11. The molecule has 3 heterocycles. The van der Waals surface area contributed by atoms with Crippen molar-refractivity contribution in [1.82, 2.24) is 25.1 Å². The Balaban J connectivity index is 1.24. The van der Waals surface area contributed by atoms with Crippen molar-refractivity contribution in [3.63, 3.8) is 0 Å². The zero-order chi connectivity index (χ0) is 28.1. The second-order valence-corrected chi connectivity index (χ2v) is 11.0. The number of pyridine rings is 1. The SMILES string of the molecule is COc1cc2ncnc(Nc3ccc(F)c(Cl)c3)c2cc1OCC(=O)Nc1nnc(SCc2ccc(Cl)nc2)s1. The van der Waals surface area contributed by atoms with Crippen molar-refractivity contribution >= 4 is 79.7 Å². The first-order chi connectivity index (χ1) is 19.4. The third-order valence-corrected chi connectivity index (χ3v) is 7.82. The van der Waals surface area contributed by atoms with Gasteiger partial charge in [-0.2, -0.15) is 0 Å². The molecule has 3 aromatic heterocycles. The largest absolute Gasteiger partial charge is 0.493 e. The fourth-order valence-electron chi connectivity index (χ4n) is 3.40. The van der Waals surface area contributed by atoms with Gasteiger partial charge in [-0.1, -0.05) is 52.4 Å². The van der Waals surface area contributed by atoms with Gasteiger partial charge in [-0.25, -0.2) is 19.3 Å². The third-order valence-electron chi connectivity index (χ3n) is 5.27. The lowest BCUT2D eigenvalue weighted by molar-refractivity contribution is -0.118. The minimum Gasteiger partial charge on any atom is -0.493 e. The molecule has 0 spiro atoms. The van der Waals surface area contributed by atoms with E-state index >= 15 is 0 Å². The number of nitrogens with zero attached hydrogens (tertiary/aromatic N) is 5. The van der Waals surface area contributed by atoms with Gasteiger partial charge in [0.1, 0.15) is 23.1 Å². The maximum absolute atomic E-state index is 13.6. The van der Waals surface area contributed by atoms with Crippen molar-refractivity contribution in [2.24, 2.45) is 0 Å². The number of anilines is 3. The summed E-state index contributed by atoms with van der Waals surface area (Å²) in [7, 11) is 1.48. The number of amides is 1. The molecule has 0 bridgehead atoms. The zero-order valence-electron chi connectivity index (χ0n) is 20.5. The van der Waals surface area contributed by atoms with E-state index < -0.39 is 11.7 Å². The summed E-state index contributed by atoms with van der Waals surface area (Å²) in [5, 5.41) is 15.2. The Labute approximate surface area is 245 Å². The van der Waals surface area contributed by atoms with E-state index in [2.05, 4.69) is 35.8 Å². The number of fused-ring (bicyclic) bond motifs is 1. The lowest BCUT2D eigenvalue weighted by atomic mass is 10.2. The van der Waals surface area contributed by atoms with Gasteiger partial charge in [0, 0.05) is 29.1 Å². The van der Waals surface area contributed by atoms with Crippen LogP contribution < -0.4 is 20.1 Å². The molecule has 0 fully saturated rings. The molecule has 0 aliphatic rings. The minimum absolute atomic E-state index is 0.0277. The van der Waals surface area contributed by atoms with Gasteiger partial charge in [0.15, 0.2) is 22.4 Å². The van der Waals surface area contributed by atoms with E-state index in [1.54, 1.807) is 24.4 Å². The molecule has 0 unspecified atom stereocenters. The lowest BCUT2D eigenvalue weighted by Gasteiger charge is -2.14. The normalized spacial score (nSPS) is 10.9. The zero-order valence-corrected chi connectivity index (χ0v) is 23.7. The smallest absolute Gasteiger partial charge is 0.264 e. The van der Waals surface area contributed by atoms with E-state index in [-0.39, 0.29) is 11.6 Å². The maximum Gasteiger partial charge on any atom is 0.264 e. The number of ether oxygens (including phenoxy) is 2. The summed E-state index contributed by atoms with van der Waals surface area (Å²) < 4.78 is 25.5. The molecule has 2 aromatic carbocycles. The van der Waals surface area contributed by atoms with Gasteiger partial charge in [-0.3, -0.25) is 10.1 Å². The molecule has 0 atom stereocenters. The van der Waals surface area contributed by atoms with Gasteiger partial charge in [-0.15, -0.1) is 10.2 Å². The third kappa shape index (κ3) is 6.86. The molecule has 0 saturated carbocycles. The lowest BCUT2D eigenvalue weighted by Crippen LogP contribution is -2.20. The Morgan fingerprint density at radius 1 is 1.07 bits per heavy atom. The van der Waals surface area contributed by atoms with Crippen molar-refractivity contribution in [2.45, 2.75) is 10.1 Å². The molecule has 0 aliphatic carbocycles. The fraction of sp³-hybridized carbons (Fsp3) is 0.120. The Hall–Kier alpha value is -3.78. The van der Waals surface area contributed by atoms with Crippen molar-refractivity contribution in [3.8, 4) is 11.5 Å². The molecule has 1 amide bonds. The average molecular weight is 619 g/mol. The van der Waals surface area contributed by atoms with Gasteiger partial charge >= 0.3 is 0 Å². The van der Waals surface area contributed by atoms with Crippen molar-refractivity contribution in [1.29, 1.82) is 0 Å². The molecule has 2 N–H and O–H groups in total. The summed E-state index contributed by atoms with van der Waals surface area (Å²) in [6.07, 6.45) is 3.07. The van der Waals surface area contributed by atoms with E-state index in [0.717, 1.165) is 5.56 Å². The van der Waals surface area contributed by atoms with Crippen molar-refractivity contribution in [2.75, 3.05) is 24.4 Å². The summed E-state index contributed by atoms with van der Waals surface area (Å²) in [6.45, 7) is -0.315. The average Bonchev–Trinajstić information content (AvgIpc) is 3.40. The molecule has 40 heavy (non-hydrogen) atoms. The minimum atomic E-state index is -0.530. The van der Waals surface area contributed by atoms with E-state index in [1.165, 1.54) is 54.7 Å². The first-order valence-electron chi connectivity index (χ1n) is 11.4. The quantitative estimate of drug-likeness (QED) is 0.103. The van der Waals surface area contributed by atoms with Gasteiger partial charge < -0.3 is 14.8 Å². The highest BCUT2D eigenvalue weighted by Crippen LogP contribution is 2.35. The van der Waals surface area contributed by atoms with Crippen LogP contribution in [0.25, 0.3) is 10.9 Å². The van der Waals surface area contributed by atoms with Gasteiger partial charge in [0.25, 0.3) is 5.91 Å². The van der Waals surface area contributed by atoms with Crippen LogP contribution in [0.5, 0.6) is 11.5 Å². The number of hydrogen-bond donors (Lipinski definition) is 2. The number of benzene rings is 2. The monoisotopic (exact) mass is 617 g/mol. The van der Waals surface area contributed by atoms with E-state index in [4.69, 9.17) is 32.7 Å². The summed E-state index contributed by atoms with van der Waals surface area (Å²) in [4.78, 5) is 25.2. The highest BCUT2D eigenvalue weighted by Gasteiger charge is 2.15. The molecule has 5 rings (SSSR count). The molecule has 0 radical (unpaired) electrons. The molecule has 10 nitrogen and oxygen atoms in total. The number of nitrogens with one attached hydrogen (secondary N) is 2. The summed E-state index contributed by atoms with van der Waals surface area (Å²) >= 11 is 14.4. The van der Waals surface area contributed by atoms with Crippen LogP contribution in [0.1, 0.15) is 5.56 Å². The first-order valence-corrected chi connectivity index (χ1v) is 14.0. The number of rotatable bonds is 10. The van der Waals surface area contributed by atoms with Crippen LogP contribution in [0, 0.1) is 5.82 Å². The highest BCUT2D eigenvalue weighted by atomic mass is 35.5. The molecule has 5 aromatic rings. The van der Waals surface area contributed by atoms with Gasteiger partial charge in [-0.05, 0) is 35.9 Å². The summed E-state index contributed by atoms with van der Waals surface area (Å²) in [5.41, 5.74) is 2.08. The predicted molar refractivity (Wildman–Crippen MR) is 154 cm³/mol. The van der Waals surface area contributed by atoms with Gasteiger partial charge in [0.2, 0.25) is 5.13 Å². The summed E-state index contributed by atoms with van der Waals surface area (Å²) in [6, 6.07) is 11.2. The van der Waals surface area contributed by atoms with Crippen LogP contribution in [-0.2, 0) is 10.5 Å². The highest BCUT2D eigenvalue weighted by molar-refractivity contribution is 8.00. The Bertz CT molecular complexity index is 1670. The number of aromatic nitrogens is 5. The van der Waals surface area contributed by atoms with Crippen LogP contribution in [0.4, 0.5) is 21.0 Å². The molecule has 204 valence electrons. The van der Waals surface area contributed by atoms with Crippen LogP contribution in [0.2, 0.25) is 10.2 Å². The Kier molecular flexibility index (Phi) is 8.75. The Morgan fingerprint density at radius 3 is 2.73 bits per heavy atom. The second kappa shape index (κ2) is 12.6. The fourth-order valence-corrected chi connectivity index (χ4v) is 5.40. The first kappa shape index (κ1) is 27.8.